The second kappa shape index (κ2) is 6.04. The minimum absolute atomic E-state index is 0.0578. The lowest BCUT2D eigenvalue weighted by atomic mass is 10.5. The van der Waals surface area contributed by atoms with Gasteiger partial charge in [0.1, 0.15) is 6.61 Å². The van der Waals surface area contributed by atoms with E-state index in [-0.39, 0.29) is 16.8 Å². The van der Waals surface area contributed by atoms with Crippen molar-refractivity contribution in [2.24, 2.45) is 0 Å². The summed E-state index contributed by atoms with van der Waals surface area (Å²) in [6.07, 6.45) is 4.34. The standard InChI is InChI=1S/C11H12N4O3S2/c1-2-15-7-10(13-8-15)20(17,18)14-11-12-6-9(19-11)4-3-5-16/h6-8,16H,2,5H2,1H3,(H,12,14). The Morgan fingerprint density at radius 1 is 1.50 bits per heavy atom. The van der Waals surface area contributed by atoms with Crippen LogP contribution in [0, 0.1) is 11.8 Å². The van der Waals surface area contributed by atoms with Gasteiger partial charge >= 0.3 is 0 Å². The zero-order chi connectivity index (χ0) is 14.6. The topological polar surface area (TPSA) is 97.1 Å². The van der Waals surface area contributed by atoms with Crippen LogP contribution in [-0.2, 0) is 16.6 Å². The molecular formula is C11H12N4O3S2. The van der Waals surface area contributed by atoms with Crippen LogP contribution in [0.5, 0.6) is 0 Å². The lowest BCUT2D eigenvalue weighted by molar-refractivity contribution is 0.350. The van der Waals surface area contributed by atoms with E-state index >= 15 is 0 Å². The van der Waals surface area contributed by atoms with Crippen molar-refractivity contribution in [1.29, 1.82) is 0 Å². The van der Waals surface area contributed by atoms with Crippen molar-refractivity contribution in [3.05, 3.63) is 23.6 Å². The zero-order valence-corrected chi connectivity index (χ0v) is 12.2. The van der Waals surface area contributed by atoms with Crippen molar-refractivity contribution in [2.45, 2.75) is 18.5 Å². The van der Waals surface area contributed by atoms with Crippen LogP contribution in [0.2, 0.25) is 0 Å². The quantitative estimate of drug-likeness (QED) is 0.802. The first-order valence-electron chi connectivity index (χ1n) is 5.65. The van der Waals surface area contributed by atoms with Gasteiger partial charge < -0.3 is 9.67 Å². The van der Waals surface area contributed by atoms with Crippen LogP contribution < -0.4 is 4.72 Å². The Morgan fingerprint density at radius 3 is 2.95 bits per heavy atom. The highest BCUT2D eigenvalue weighted by Gasteiger charge is 2.18. The Balaban J connectivity index is 2.17. The van der Waals surface area contributed by atoms with Gasteiger partial charge in [-0.05, 0) is 6.92 Å². The predicted molar refractivity (Wildman–Crippen MR) is 74.8 cm³/mol. The number of nitrogens with one attached hydrogen (secondary N) is 1. The van der Waals surface area contributed by atoms with Crippen molar-refractivity contribution in [1.82, 2.24) is 14.5 Å². The molecule has 2 aromatic rings. The third-order valence-electron chi connectivity index (χ3n) is 2.27. The molecule has 9 heteroatoms. The average Bonchev–Trinajstić information content (AvgIpc) is 3.04. The van der Waals surface area contributed by atoms with Crippen molar-refractivity contribution in [3.8, 4) is 11.8 Å². The van der Waals surface area contributed by atoms with E-state index in [1.165, 1.54) is 18.7 Å². The number of aliphatic hydroxyl groups is 1. The third kappa shape index (κ3) is 3.36. The van der Waals surface area contributed by atoms with E-state index in [0.29, 0.717) is 11.4 Å². The molecule has 0 saturated heterocycles. The molecule has 0 bridgehead atoms. The van der Waals surface area contributed by atoms with Crippen LogP contribution in [0.25, 0.3) is 0 Å². The Bertz CT molecular complexity index is 752. The van der Waals surface area contributed by atoms with Crippen LogP contribution in [0.15, 0.2) is 23.7 Å². The molecule has 0 aliphatic heterocycles. The number of aryl methyl sites for hydroxylation is 1. The highest BCUT2D eigenvalue weighted by molar-refractivity contribution is 7.92. The Morgan fingerprint density at radius 2 is 2.30 bits per heavy atom. The molecule has 106 valence electrons. The van der Waals surface area contributed by atoms with E-state index in [9.17, 15) is 8.42 Å². The maximum atomic E-state index is 12.1. The van der Waals surface area contributed by atoms with E-state index < -0.39 is 10.0 Å². The molecule has 2 N–H and O–H groups in total. The molecule has 0 spiro atoms. The van der Waals surface area contributed by atoms with Crippen LogP contribution in [0.3, 0.4) is 0 Å². The first-order valence-corrected chi connectivity index (χ1v) is 7.95. The van der Waals surface area contributed by atoms with Crippen LogP contribution in [0.1, 0.15) is 11.8 Å². The van der Waals surface area contributed by atoms with Gasteiger partial charge in [0.2, 0.25) is 0 Å². The fourth-order valence-corrected chi connectivity index (χ4v) is 3.21. The number of thiazole rings is 1. The van der Waals surface area contributed by atoms with Gasteiger partial charge in [-0.3, -0.25) is 4.72 Å². The van der Waals surface area contributed by atoms with Gasteiger partial charge in [0.25, 0.3) is 10.0 Å². The van der Waals surface area contributed by atoms with Crippen molar-refractivity contribution < 1.29 is 13.5 Å². The smallest absolute Gasteiger partial charge is 0.282 e. The molecular weight excluding hydrogens is 300 g/mol. The summed E-state index contributed by atoms with van der Waals surface area (Å²) >= 11 is 1.09. The Labute approximate surface area is 120 Å². The summed E-state index contributed by atoms with van der Waals surface area (Å²) < 4.78 is 28.1. The minimum Gasteiger partial charge on any atom is -0.384 e. The largest absolute Gasteiger partial charge is 0.384 e. The number of rotatable bonds is 4. The lowest BCUT2D eigenvalue weighted by Crippen LogP contribution is -2.13. The molecule has 7 nitrogen and oxygen atoms in total. The monoisotopic (exact) mass is 312 g/mol. The molecule has 0 aliphatic rings. The fourth-order valence-electron chi connectivity index (χ4n) is 1.32. The zero-order valence-electron chi connectivity index (χ0n) is 10.6. The van der Waals surface area contributed by atoms with Crippen LogP contribution >= 0.6 is 11.3 Å². The summed E-state index contributed by atoms with van der Waals surface area (Å²) in [6.45, 7) is 2.27. The number of nitrogens with zero attached hydrogens (tertiary/aromatic N) is 3. The highest BCUT2D eigenvalue weighted by atomic mass is 32.2. The second-order valence-corrected chi connectivity index (χ2v) is 6.30. The molecule has 0 aliphatic carbocycles. The molecule has 2 rings (SSSR count). The second-order valence-electron chi connectivity index (χ2n) is 3.64. The van der Waals surface area contributed by atoms with Gasteiger partial charge in [0.15, 0.2) is 10.2 Å². The molecule has 0 unspecified atom stereocenters. The molecule has 2 aromatic heterocycles. The predicted octanol–water partition coefficient (Wildman–Crippen LogP) is 0.504. The van der Waals surface area contributed by atoms with Crippen LogP contribution in [0.4, 0.5) is 5.13 Å². The lowest BCUT2D eigenvalue weighted by Gasteiger charge is -2.00. The first kappa shape index (κ1) is 14.5. The average molecular weight is 312 g/mol. The van der Waals surface area contributed by atoms with Gasteiger partial charge in [-0.2, -0.15) is 8.42 Å². The molecule has 0 radical (unpaired) electrons. The highest BCUT2D eigenvalue weighted by Crippen LogP contribution is 2.20. The Kier molecular flexibility index (Phi) is 4.39. The number of anilines is 1. The molecule has 0 saturated carbocycles. The Hall–Kier alpha value is -1.89. The number of hydrogen-bond acceptors (Lipinski definition) is 6. The molecule has 0 fully saturated rings. The molecule has 0 atom stereocenters. The summed E-state index contributed by atoms with van der Waals surface area (Å²) in [4.78, 5) is 8.32. The van der Waals surface area contributed by atoms with Gasteiger partial charge in [0, 0.05) is 12.7 Å². The molecule has 2 heterocycles. The van der Waals surface area contributed by atoms with E-state index in [1.807, 2.05) is 6.92 Å². The number of imidazole rings is 1. The van der Waals surface area contributed by atoms with Crippen molar-refractivity contribution in [3.63, 3.8) is 0 Å². The number of sulfonamides is 1. The summed E-state index contributed by atoms with van der Waals surface area (Å²) in [5.41, 5.74) is 0. The van der Waals surface area contributed by atoms with Gasteiger partial charge in [0.05, 0.1) is 17.4 Å². The van der Waals surface area contributed by atoms with Crippen LogP contribution in [-0.4, -0.2) is 34.7 Å². The maximum absolute atomic E-state index is 12.1. The summed E-state index contributed by atoms with van der Waals surface area (Å²) in [5, 5.41) is 8.73. The number of hydrogen-bond donors (Lipinski definition) is 2. The summed E-state index contributed by atoms with van der Waals surface area (Å²) in [5.74, 6) is 5.12. The normalized spacial score (nSPS) is 10.9. The van der Waals surface area contributed by atoms with Crippen molar-refractivity contribution in [2.75, 3.05) is 11.3 Å². The molecule has 0 aromatic carbocycles. The minimum atomic E-state index is -3.74. The first-order chi connectivity index (χ1) is 9.55. The number of aromatic nitrogens is 3. The SMILES string of the molecule is CCn1cnc(S(=O)(=O)Nc2ncc(C#CCO)s2)c1. The molecule has 20 heavy (non-hydrogen) atoms. The molecule has 0 amide bonds. The van der Waals surface area contributed by atoms with E-state index in [0.717, 1.165) is 11.3 Å². The van der Waals surface area contributed by atoms with Gasteiger partial charge in [-0.25, -0.2) is 9.97 Å². The van der Waals surface area contributed by atoms with Gasteiger partial charge in [-0.15, -0.1) is 0 Å². The van der Waals surface area contributed by atoms with Gasteiger partial charge in [-0.1, -0.05) is 23.2 Å². The fraction of sp³-hybridized carbons (Fsp3) is 0.273. The van der Waals surface area contributed by atoms with E-state index in [4.69, 9.17) is 5.11 Å². The number of aliphatic hydroxyl groups excluding tert-OH is 1. The van der Waals surface area contributed by atoms with E-state index in [2.05, 4.69) is 26.5 Å². The van der Waals surface area contributed by atoms with Crippen molar-refractivity contribution >= 4 is 26.5 Å². The van der Waals surface area contributed by atoms with E-state index in [1.54, 1.807) is 4.57 Å². The summed E-state index contributed by atoms with van der Waals surface area (Å²) in [6, 6.07) is 0. The maximum Gasteiger partial charge on any atom is 0.282 e. The summed E-state index contributed by atoms with van der Waals surface area (Å²) in [7, 11) is -3.74. The third-order valence-corrected chi connectivity index (χ3v) is 4.45.